The summed E-state index contributed by atoms with van der Waals surface area (Å²) in [4.78, 5) is 57.2. The molecule has 3 heterocycles. The Morgan fingerprint density at radius 1 is 1.02 bits per heavy atom. The van der Waals surface area contributed by atoms with E-state index in [1.165, 1.54) is 21.6 Å². The monoisotopic (exact) mass is 609 g/mol. The number of nitrogens with zero attached hydrogens (tertiary/aromatic N) is 4. The van der Waals surface area contributed by atoms with E-state index in [4.69, 9.17) is 9.93 Å². The fourth-order valence-electron chi connectivity index (χ4n) is 5.17. The third kappa shape index (κ3) is 5.83. The van der Waals surface area contributed by atoms with E-state index in [1.807, 2.05) is 6.92 Å². The quantitative estimate of drug-likeness (QED) is 0.153. The lowest BCUT2D eigenvalue weighted by Crippen LogP contribution is -2.49. The van der Waals surface area contributed by atoms with Gasteiger partial charge in [-0.3, -0.25) is 24.5 Å². The molecule has 0 spiro atoms. The van der Waals surface area contributed by atoms with Gasteiger partial charge < -0.3 is 15.2 Å². The van der Waals surface area contributed by atoms with E-state index in [1.54, 1.807) is 87.4 Å². The van der Waals surface area contributed by atoms with Crippen molar-refractivity contribution in [2.45, 2.75) is 27.3 Å². The zero-order valence-electron chi connectivity index (χ0n) is 25.5. The zero-order chi connectivity index (χ0) is 32.4. The molecule has 13 heteroatoms. The maximum atomic E-state index is 13.8. The van der Waals surface area contributed by atoms with Crippen molar-refractivity contribution in [3.63, 3.8) is 0 Å². The van der Waals surface area contributed by atoms with E-state index >= 15 is 0 Å². The van der Waals surface area contributed by atoms with Gasteiger partial charge in [-0.1, -0.05) is 18.2 Å². The first-order valence-corrected chi connectivity index (χ1v) is 14.1. The average Bonchev–Trinajstić information content (AvgIpc) is 3.45. The number of fused-ring (bicyclic) bond motifs is 1. The number of aryl methyl sites for hydroxylation is 4. The normalized spacial score (nSPS) is 11.2. The highest BCUT2D eigenvalue weighted by Crippen LogP contribution is 2.24. The number of carbonyl (C=O) groups excluding carboxylic acids is 2. The number of hydrogen-bond donors (Lipinski definition) is 4. The summed E-state index contributed by atoms with van der Waals surface area (Å²) in [5.41, 5.74) is 2.60. The molecular formula is C32H33N8O5+. The zero-order valence-corrected chi connectivity index (χ0v) is 25.5. The van der Waals surface area contributed by atoms with Crippen LogP contribution in [-0.2, 0) is 13.6 Å². The Bertz CT molecular complexity index is 2110. The standard InChI is InChI=1S/C32H32N8O5/c1-6-39-28-24(31(43)40(39)23-12-10-20(11-13-23)26-19(3)45-38(5)32(26)44)16-18(2)35-27(28)30(42)36-22-9-7-8-21(17-22)29(41)37-25(33)14-15-34-4/h7-17,34H,6H2,1-5H3,(H,36,42)(H2,33,37,41)/p+1/b15-14-. The Kier molecular flexibility index (Phi) is 8.35. The summed E-state index contributed by atoms with van der Waals surface area (Å²) >= 11 is 0. The maximum absolute atomic E-state index is 13.8. The van der Waals surface area contributed by atoms with Gasteiger partial charge in [0.25, 0.3) is 22.9 Å². The molecule has 0 bridgehead atoms. The number of rotatable bonds is 8. The van der Waals surface area contributed by atoms with Gasteiger partial charge in [-0.15, -0.1) is 0 Å². The fourth-order valence-corrected chi connectivity index (χ4v) is 5.17. The minimum absolute atomic E-state index is 0.0569. The molecule has 13 nitrogen and oxygen atoms in total. The number of nitrogens with one attached hydrogen (secondary N) is 3. The second-order valence-corrected chi connectivity index (χ2v) is 10.3. The Morgan fingerprint density at radius 2 is 1.76 bits per heavy atom. The van der Waals surface area contributed by atoms with Crippen LogP contribution >= 0.6 is 0 Å². The van der Waals surface area contributed by atoms with Crippen LogP contribution in [-0.4, -0.2) is 43.8 Å². The van der Waals surface area contributed by atoms with Gasteiger partial charge in [0.1, 0.15) is 11.3 Å². The molecule has 5 N–H and O–H groups in total. The molecule has 2 amide bonds. The summed E-state index contributed by atoms with van der Waals surface area (Å²) in [6.45, 7) is 5.64. The van der Waals surface area contributed by atoms with Crippen LogP contribution in [0.2, 0.25) is 0 Å². The highest BCUT2D eigenvalue weighted by molar-refractivity contribution is 6.12. The van der Waals surface area contributed by atoms with Crippen LogP contribution in [0.3, 0.4) is 0 Å². The molecule has 0 aliphatic heterocycles. The Morgan fingerprint density at radius 3 is 2.40 bits per heavy atom. The molecule has 5 rings (SSSR count). The lowest BCUT2D eigenvalue weighted by Gasteiger charge is -2.13. The van der Waals surface area contributed by atoms with Crippen molar-refractivity contribution in [3.8, 4) is 16.8 Å². The van der Waals surface area contributed by atoms with Crippen molar-refractivity contribution < 1.29 is 19.5 Å². The lowest BCUT2D eigenvalue weighted by atomic mass is 10.1. The van der Waals surface area contributed by atoms with Gasteiger partial charge >= 0.3 is 5.91 Å². The molecule has 0 aliphatic carbocycles. The van der Waals surface area contributed by atoms with Crippen LogP contribution in [0.15, 0.2) is 81.0 Å². The summed E-state index contributed by atoms with van der Waals surface area (Å²) < 4.78 is 9.76. The minimum atomic E-state index is -0.551. The number of hydrogen-bond acceptors (Lipinski definition) is 7. The second kappa shape index (κ2) is 12.3. The number of nitrogens with two attached hydrogens (primary N) is 1. The van der Waals surface area contributed by atoms with Gasteiger partial charge in [-0.2, -0.15) is 4.74 Å². The van der Waals surface area contributed by atoms with Gasteiger partial charge in [0, 0.05) is 44.3 Å². The third-order valence-electron chi connectivity index (χ3n) is 7.15. The third-order valence-corrected chi connectivity index (χ3v) is 7.15. The van der Waals surface area contributed by atoms with E-state index < -0.39 is 11.8 Å². The summed E-state index contributed by atoms with van der Waals surface area (Å²) in [5, 5.41) is 14.3. The van der Waals surface area contributed by atoms with Crippen LogP contribution in [0.1, 0.15) is 39.2 Å². The summed E-state index contributed by atoms with van der Waals surface area (Å²) in [6.07, 6.45) is 3.08. The van der Waals surface area contributed by atoms with Gasteiger partial charge in [0.05, 0.1) is 22.2 Å². The lowest BCUT2D eigenvalue weighted by molar-refractivity contribution is -0.115. The number of amidine groups is 1. The van der Waals surface area contributed by atoms with E-state index in [9.17, 15) is 19.2 Å². The Labute approximate surface area is 257 Å². The van der Waals surface area contributed by atoms with E-state index in [2.05, 4.69) is 20.9 Å². The number of anilines is 1. The highest BCUT2D eigenvalue weighted by Gasteiger charge is 2.24. The predicted molar refractivity (Wildman–Crippen MR) is 170 cm³/mol. The molecular weight excluding hydrogens is 576 g/mol. The summed E-state index contributed by atoms with van der Waals surface area (Å²) in [5.74, 6) is -0.368. The topological polar surface area (TPSA) is 171 Å². The van der Waals surface area contributed by atoms with Crippen LogP contribution in [0.4, 0.5) is 5.69 Å². The van der Waals surface area contributed by atoms with E-state index in [0.29, 0.717) is 51.4 Å². The molecule has 5 aromatic rings. The second-order valence-electron chi connectivity index (χ2n) is 10.3. The maximum Gasteiger partial charge on any atom is 0.339 e. The molecule has 0 aliphatic rings. The van der Waals surface area contributed by atoms with Crippen molar-refractivity contribution in [2.24, 2.45) is 7.05 Å². The van der Waals surface area contributed by atoms with E-state index in [0.717, 1.165) is 0 Å². The Hall–Kier alpha value is -5.98. The SMILES string of the molecule is CCn1c2c(C(=O)Nc3cccc(C(=O)NC(=[NH2+])/C=C\NC)c3)nc(C)cc2c(=O)n1-c1ccc(-c2c(C)on(C)c2=O)cc1. The number of benzene rings is 2. The van der Waals surface area contributed by atoms with Crippen molar-refractivity contribution in [3.05, 3.63) is 110 Å². The minimum Gasteiger partial charge on any atom is -0.394 e. The van der Waals surface area contributed by atoms with Gasteiger partial charge in [-0.05, 0) is 62.7 Å². The van der Waals surface area contributed by atoms with Crippen molar-refractivity contribution in [1.82, 2.24) is 29.7 Å². The molecule has 0 radical (unpaired) electrons. The average molecular weight is 610 g/mol. The molecule has 0 saturated heterocycles. The highest BCUT2D eigenvalue weighted by atomic mass is 16.5. The smallest absolute Gasteiger partial charge is 0.339 e. The van der Waals surface area contributed by atoms with E-state index in [-0.39, 0.29) is 28.2 Å². The molecule has 230 valence electrons. The fraction of sp³-hybridized carbons (Fsp3) is 0.188. The van der Waals surface area contributed by atoms with Crippen LogP contribution in [0.25, 0.3) is 27.7 Å². The summed E-state index contributed by atoms with van der Waals surface area (Å²) in [7, 11) is 3.25. The number of aromatic nitrogens is 4. The molecule has 3 aromatic heterocycles. The van der Waals surface area contributed by atoms with Gasteiger partial charge in [0.2, 0.25) is 0 Å². The van der Waals surface area contributed by atoms with Crippen molar-refractivity contribution in [2.75, 3.05) is 12.4 Å². The first-order valence-electron chi connectivity index (χ1n) is 14.1. The first-order chi connectivity index (χ1) is 21.5. The molecule has 0 unspecified atom stereocenters. The van der Waals surface area contributed by atoms with Crippen LogP contribution in [0.5, 0.6) is 0 Å². The molecule has 0 saturated carbocycles. The van der Waals surface area contributed by atoms with Crippen molar-refractivity contribution >= 4 is 34.2 Å². The molecule has 0 atom stereocenters. The molecule has 45 heavy (non-hydrogen) atoms. The number of carbonyl (C=O) groups is 2. The summed E-state index contributed by atoms with van der Waals surface area (Å²) in [6, 6.07) is 15.0. The van der Waals surface area contributed by atoms with Crippen LogP contribution in [0, 0.1) is 13.8 Å². The predicted octanol–water partition coefficient (Wildman–Crippen LogP) is 1.66. The first kappa shape index (κ1) is 30.5. The van der Waals surface area contributed by atoms with Crippen molar-refractivity contribution in [1.29, 1.82) is 0 Å². The largest absolute Gasteiger partial charge is 0.394 e. The number of pyridine rings is 1. The van der Waals surface area contributed by atoms with Gasteiger partial charge in [0.15, 0.2) is 5.69 Å². The van der Waals surface area contributed by atoms with Crippen LogP contribution < -0.4 is 32.5 Å². The number of amides is 2. The Balaban J connectivity index is 1.51. The molecule has 2 aromatic carbocycles. The van der Waals surface area contributed by atoms with Gasteiger partial charge in [-0.25, -0.2) is 19.8 Å². The molecule has 0 fully saturated rings.